The van der Waals surface area contributed by atoms with E-state index in [1.54, 1.807) is 12.4 Å². The first-order valence-electron chi connectivity index (χ1n) is 5.07. The van der Waals surface area contributed by atoms with Crippen LogP contribution < -0.4 is 5.43 Å². The minimum absolute atomic E-state index is 0.339. The molecule has 1 rings (SSSR count). The van der Waals surface area contributed by atoms with Gasteiger partial charge in [-0.25, -0.2) is 0 Å². The number of hydrazone groups is 1. The van der Waals surface area contributed by atoms with E-state index >= 15 is 0 Å². The predicted octanol–water partition coefficient (Wildman–Crippen LogP) is 2.36. The number of allylic oxidation sites excluding steroid dienone is 1. The van der Waals surface area contributed by atoms with Gasteiger partial charge in [-0.05, 0) is 26.0 Å². The number of pyridine rings is 1. The number of hydrogen-bond acceptors (Lipinski definition) is 3. The lowest BCUT2D eigenvalue weighted by Gasteiger charge is -2.07. The van der Waals surface area contributed by atoms with Crippen LogP contribution >= 0.6 is 0 Å². The van der Waals surface area contributed by atoms with Gasteiger partial charge in [-0.15, -0.1) is 6.58 Å². The van der Waals surface area contributed by atoms with E-state index in [0.29, 0.717) is 6.04 Å². The summed E-state index contributed by atoms with van der Waals surface area (Å²) in [6, 6.07) is 4.24. The number of nitrogens with one attached hydrogen (secondary N) is 1. The Morgan fingerprint density at radius 3 is 2.73 bits per heavy atom. The van der Waals surface area contributed by atoms with E-state index in [9.17, 15) is 0 Å². The molecule has 0 bridgehead atoms. The maximum atomic E-state index is 4.35. The highest BCUT2D eigenvalue weighted by molar-refractivity contribution is 6.01. The zero-order valence-corrected chi connectivity index (χ0v) is 9.27. The summed E-state index contributed by atoms with van der Waals surface area (Å²) in [5.41, 5.74) is 5.12. The zero-order valence-electron chi connectivity index (χ0n) is 9.27. The number of rotatable bonds is 5. The van der Waals surface area contributed by atoms with Crippen molar-refractivity contribution in [1.29, 1.82) is 0 Å². The molecule has 80 valence electrons. The van der Waals surface area contributed by atoms with Crippen molar-refractivity contribution in [3.05, 3.63) is 42.7 Å². The number of hydrogen-bond donors (Lipinski definition) is 1. The zero-order chi connectivity index (χ0) is 11.1. The van der Waals surface area contributed by atoms with E-state index in [0.717, 1.165) is 17.7 Å². The number of aromatic nitrogens is 1. The fraction of sp³-hybridized carbons (Fsp3) is 0.333. The number of nitrogens with zero attached hydrogens (tertiary/aromatic N) is 2. The van der Waals surface area contributed by atoms with Gasteiger partial charge in [-0.1, -0.05) is 6.08 Å². The Hall–Kier alpha value is -1.64. The summed E-state index contributed by atoms with van der Waals surface area (Å²) in [6.45, 7) is 7.84. The van der Waals surface area contributed by atoms with Gasteiger partial charge in [-0.2, -0.15) is 5.10 Å². The van der Waals surface area contributed by atoms with Gasteiger partial charge in [0.25, 0.3) is 0 Å². The molecule has 1 N–H and O–H groups in total. The van der Waals surface area contributed by atoms with Gasteiger partial charge < -0.3 is 5.43 Å². The average molecular weight is 203 g/mol. The Morgan fingerprint density at radius 1 is 1.53 bits per heavy atom. The molecule has 0 spiro atoms. The second-order valence-corrected chi connectivity index (χ2v) is 3.57. The van der Waals surface area contributed by atoms with Gasteiger partial charge in [0.15, 0.2) is 0 Å². The van der Waals surface area contributed by atoms with Crippen LogP contribution in [0.2, 0.25) is 0 Å². The summed E-state index contributed by atoms with van der Waals surface area (Å²) >= 11 is 0. The van der Waals surface area contributed by atoms with Crippen molar-refractivity contribution in [1.82, 2.24) is 10.4 Å². The normalized spacial score (nSPS) is 11.5. The summed E-state index contributed by atoms with van der Waals surface area (Å²) in [6.07, 6.45) is 6.14. The first-order valence-corrected chi connectivity index (χ1v) is 5.07. The molecule has 0 aliphatic heterocycles. The lowest BCUT2D eigenvalue weighted by Crippen LogP contribution is -2.18. The molecule has 0 aromatic carbocycles. The Labute approximate surface area is 90.9 Å². The van der Waals surface area contributed by atoms with Crippen molar-refractivity contribution in [2.24, 2.45) is 5.10 Å². The Morgan fingerprint density at radius 2 is 2.20 bits per heavy atom. The molecular weight excluding hydrogens is 186 g/mol. The van der Waals surface area contributed by atoms with Crippen LogP contribution in [-0.4, -0.2) is 16.7 Å². The molecule has 1 aromatic rings. The summed E-state index contributed by atoms with van der Waals surface area (Å²) in [5.74, 6) is 0. The van der Waals surface area contributed by atoms with Crippen LogP contribution in [-0.2, 0) is 0 Å². The van der Waals surface area contributed by atoms with Crippen LogP contribution in [0, 0.1) is 0 Å². The minimum Gasteiger partial charge on any atom is -0.307 e. The summed E-state index contributed by atoms with van der Waals surface area (Å²) in [5, 5.41) is 4.35. The van der Waals surface area contributed by atoms with Gasteiger partial charge in [0.1, 0.15) is 0 Å². The molecule has 0 fully saturated rings. The highest BCUT2D eigenvalue weighted by atomic mass is 15.3. The molecule has 15 heavy (non-hydrogen) atoms. The predicted molar refractivity (Wildman–Crippen MR) is 63.9 cm³/mol. The molecule has 3 heteroatoms. The van der Waals surface area contributed by atoms with Crippen LogP contribution in [0.25, 0.3) is 0 Å². The minimum atomic E-state index is 0.339. The highest BCUT2D eigenvalue weighted by Crippen LogP contribution is 2.03. The van der Waals surface area contributed by atoms with E-state index in [4.69, 9.17) is 0 Å². The van der Waals surface area contributed by atoms with Crippen LogP contribution in [0.5, 0.6) is 0 Å². The molecule has 0 saturated carbocycles. The second-order valence-electron chi connectivity index (χ2n) is 3.57. The monoisotopic (exact) mass is 203 g/mol. The van der Waals surface area contributed by atoms with Gasteiger partial charge in [0, 0.05) is 30.4 Å². The van der Waals surface area contributed by atoms with Gasteiger partial charge in [0.2, 0.25) is 0 Å². The topological polar surface area (TPSA) is 37.3 Å². The van der Waals surface area contributed by atoms with Crippen LogP contribution in [0.3, 0.4) is 0 Å². The van der Waals surface area contributed by atoms with Gasteiger partial charge >= 0.3 is 0 Å². The largest absolute Gasteiger partial charge is 0.307 e. The van der Waals surface area contributed by atoms with Crippen molar-refractivity contribution in [3.63, 3.8) is 0 Å². The smallest absolute Gasteiger partial charge is 0.0713 e. The Bertz CT molecular complexity index is 328. The highest BCUT2D eigenvalue weighted by Gasteiger charge is 2.01. The SMILES string of the molecule is C=CC/C(=N\NC(C)C)c1ccncc1. The molecule has 1 aromatic heterocycles. The molecule has 0 aliphatic rings. The van der Waals surface area contributed by atoms with E-state index in [-0.39, 0.29) is 0 Å². The van der Waals surface area contributed by atoms with Crippen molar-refractivity contribution < 1.29 is 0 Å². The van der Waals surface area contributed by atoms with Crippen molar-refractivity contribution in [2.45, 2.75) is 26.3 Å². The maximum absolute atomic E-state index is 4.35. The molecular formula is C12H17N3. The fourth-order valence-corrected chi connectivity index (χ4v) is 1.12. The Balaban J connectivity index is 2.83. The summed E-state index contributed by atoms with van der Waals surface area (Å²) in [4.78, 5) is 3.98. The van der Waals surface area contributed by atoms with Gasteiger partial charge in [-0.3, -0.25) is 4.98 Å². The third kappa shape index (κ3) is 3.94. The molecule has 0 radical (unpaired) electrons. The molecule has 1 heterocycles. The van der Waals surface area contributed by atoms with Crippen LogP contribution in [0.1, 0.15) is 25.8 Å². The fourth-order valence-electron chi connectivity index (χ4n) is 1.12. The van der Waals surface area contributed by atoms with E-state index in [1.165, 1.54) is 0 Å². The molecule has 0 saturated heterocycles. The first-order chi connectivity index (χ1) is 7.24. The standard InChI is InChI=1S/C12H17N3/c1-4-5-12(15-14-10(2)3)11-6-8-13-9-7-11/h4,6-10,14H,1,5H2,2-3H3/b15-12+. The average Bonchev–Trinajstić information content (AvgIpc) is 2.25. The van der Waals surface area contributed by atoms with E-state index in [2.05, 4.69) is 35.9 Å². The third-order valence-corrected chi connectivity index (χ3v) is 1.81. The third-order valence-electron chi connectivity index (χ3n) is 1.81. The van der Waals surface area contributed by atoms with Crippen LogP contribution in [0.15, 0.2) is 42.3 Å². The first kappa shape index (κ1) is 11.4. The summed E-state index contributed by atoms with van der Waals surface area (Å²) < 4.78 is 0. The summed E-state index contributed by atoms with van der Waals surface area (Å²) in [7, 11) is 0. The Kier molecular flexibility index (Phi) is 4.54. The quantitative estimate of drug-likeness (QED) is 0.453. The lowest BCUT2D eigenvalue weighted by molar-refractivity contribution is 0.619. The molecule has 3 nitrogen and oxygen atoms in total. The van der Waals surface area contributed by atoms with Crippen LogP contribution in [0.4, 0.5) is 0 Å². The molecule has 0 atom stereocenters. The molecule has 0 aliphatic carbocycles. The second kappa shape index (κ2) is 5.96. The lowest BCUT2D eigenvalue weighted by atomic mass is 10.1. The molecule has 0 amide bonds. The van der Waals surface area contributed by atoms with E-state index in [1.807, 2.05) is 18.2 Å². The van der Waals surface area contributed by atoms with Crippen molar-refractivity contribution in [2.75, 3.05) is 0 Å². The van der Waals surface area contributed by atoms with Crippen molar-refractivity contribution in [3.8, 4) is 0 Å². The maximum Gasteiger partial charge on any atom is 0.0713 e. The van der Waals surface area contributed by atoms with Gasteiger partial charge in [0.05, 0.1) is 5.71 Å². The van der Waals surface area contributed by atoms with E-state index < -0.39 is 0 Å². The van der Waals surface area contributed by atoms with Crippen molar-refractivity contribution >= 4 is 5.71 Å². The molecule has 0 unspecified atom stereocenters.